The van der Waals surface area contributed by atoms with Crippen molar-refractivity contribution in [2.24, 2.45) is 0 Å². The van der Waals surface area contributed by atoms with Gasteiger partial charge in [0.1, 0.15) is 0 Å². The number of ether oxygens (including phenoxy) is 1. The summed E-state index contributed by atoms with van der Waals surface area (Å²) >= 11 is 0. The first-order valence-electron chi connectivity index (χ1n) is 12.0. The van der Waals surface area contributed by atoms with E-state index in [4.69, 9.17) is 13.8 Å². The molecule has 1 unspecified atom stereocenters. The largest absolute Gasteiger partial charge is 0.756 e. The Hall–Kier alpha value is -0.720. The van der Waals surface area contributed by atoms with Crippen LogP contribution in [0.25, 0.3) is 0 Å². The molecule has 0 amide bonds. The Morgan fingerprint density at radius 2 is 1.23 bits per heavy atom. The molecular weight excluding hydrogens is 417 g/mol. The van der Waals surface area contributed by atoms with Crippen molar-refractivity contribution in [3.63, 3.8) is 0 Å². The number of hydrogen-bond acceptors (Lipinski definition) is 6. The van der Waals surface area contributed by atoms with Crippen molar-refractivity contribution in [3.8, 4) is 0 Å². The second-order valence-electron chi connectivity index (χ2n) is 8.39. The summed E-state index contributed by atoms with van der Waals surface area (Å²) in [7, 11) is -4.30. The summed E-state index contributed by atoms with van der Waals surface area (Å²) in [6.45, 7) is 16.5. The zero-order valence-electron chi connectivity index (χ0n) is 20.4. The van der Waals surface area contributed by atoms with Crippen molar-refractivity contribution < 1.29 is 32.5 Å². The van der Waals surface area contributed by atoms with E-state index < -0.39 is 13.8 Å². The number of phosphoric acid groups is 1. The molecule has 31 heavy (non-hydrogen) atoms. The molecule has 0 aliphatic heterocycles. The number of nitrogens with zero attached hydrogens (tertiary/aromatic N) is 1. The van der Waals surface area contributed by atoms with Crippen LogP contribution in [0.3, 0.4) is 0 Å². The van der Waals surface area contributed by atoms with Gasteiger partial charge in [-0.25, -0.2) is 4.79 Å². The van der Waals surface area contributed by atoms with Crippen LogP contribution in [-0.2, 0) is 23.1 Å². The molecule has 0 aromatic carbocycles. The molecular formula is C23H46NO6P. The lowest BCUT2D eigenvalue weighted by Crippen LogP contribution is -2.51. The van der Waals surface area contributed by atoms with E-state index >= 15 is 0 Å². The summed E-state index contributed by atoms with van der Waals surface area (Å²) in [4.78, 5) is 23.2. The Morgan fingerprint density at radius 1 is 0.806 bits per heavy atom. The Bertz CT molecular complexity index is 518. The summed E-state index contributed by atoms with van der Waals surface area (Å²) < 4.78 is 28.0. The standard InChI is InChI=1S/C23H46NO6P/c1-6-9-15-24(16-10-7-2,17-11-8-3)18-14-21-30-31(26,27)29-20-13-12-19-28-23(25)22(4)5/h4,6-21H2,1-3,5H3. The first-order valence-corrected chi connectivity index (χ1v) is 13.5. The average molecular weight is 464 g/mol. The number of carbonyl (C=O) groups is 1. The van der Waals surface area contributed by atoms with Gasteiger partial charge in [-0.05, 0) is 39.0 Å². The van der Waals surface area contributed by atoms with E-state index in [2.05, 4.69) is 27.4 Å². The summed E-state index contributed by atoms with van der Waals surface area (Å²) in [6.07, 6.45) is 8.77. The summed E-state index contributed by atoms with van der Waals surface area (Å²) in [6, 6.07) is 0. The molecule has 184 valence electrons. The maximum Gasteiger partial charge on any atom is 0.333 e. The van der Waals surface area contributed by atoms with Gasteiger partial charge in [0.2, 0.25) is 0 Å². The third-order valence-electron chi connectivity index (χ3n) is 5.35. The molecule has 0 fully saturated rings. The Morgan fingerprint density at radius 3 is 1.68 bits per heavy atom. The van der Waals surface area contributed by atoms with Crippen molar-refractivity contribution >= 4 is 13.8 Å². The molecule has 0 rings (SSSR count). The average Bonchev–Trinajstić information content (AvgIpc) is 2.74. The Kier molecular flexibility index (Phi) is 17.4. The van der Waals surface area contributed by atoms with E-state index in [1.807, 2.05) is 0 Å². The van der Waals surface area contributed by atoms with Crippen LogP contribution >= 0.6 is 7.82 Å². The van der Waals surface area contributed by atoms with Crippen LogP contribution in [0.1, 0.15) is 85.5 Å². The van der Waals surface area contributed by atoms with E-state index in [0.29, 0.717) is 24.8 Å². The highest BCUT2D eigenvalue weighted by Gasteiger charge is 2.25. The number of carbonyl (C=O) groups excluding carboxylic acids is 1. The maximum atomic E-state index is 12.0. The van der Waals surface area contributed by atoms with Gasteiger partial charge in [-0.2, -0.15) is 0 Å². The molecule has 0 aromatic heterocycles. The fourth-order valence-corrected chi connectivity index (χ4v) is 4.21. The first-order chi connectivity index (χ1) is 14.7. The van der Waals surface area contributed by atoms with E-state index in [1.54, 1.807) is 6.92 Å². The van der Waals surface area contributed by atoms with E-state index in [-0.39, 0.29) is 19.8 Å². The molecule has 1 atom stereocenters. The number of rotatable bonds is 21. The van der Waals surface area contributed by atoms with Crippen molar-refractivity contribution in [2.75, 3.05) is 46.0 Å². The van der Waals surface area contributed by atoms with Crippen molar-refractivity contribution in [3.05, 3.63) is 12.2 Å². The molecule has 0 aromatic rings. The molecule has 0 spiro atoms. The van der Waals surface area contributed by atoms with Crippen LogP contribution in [0.15, 0.2) is 12.2 Å². The summed E-state index contributed by atoms with van der Waals surface area (Å²) in [5, 5.41) is 0. The van der Waals surface area contributed by atoms with Gasteiger partial charge in [0.15, 0.2) is 0 Å². The number of phosphoric ester groups is 1. The molecule has 0 saturated heterocycles. The molecule has 0 heterocycles. The quantitative estimate of drug-likeness (QED) is 0.0783. The molecule has 0 saturated carbocycles. The molecule has 0 radical (unpaired) electrons. The SMILES string of the molecule is C=C(C)C(=O)OCCCCOP(=O)([O-])OCCC[N+](CCCC)(CCCC)CCCC. The monoisotopic (exact) mass is 463 g/mol. The van der Waals surface area contributed by atoms with Gasteiger partial charge < -0.3 is 23.2 Å². The molecule has 7 nitrogen and oxygen atoms in total. The third-order valence-corrected chi connectivity index (χ3v) is 6.35. The topological polar surface area (TPSA) is 84.9 Å². The van der Waals surface area contributed by atoms with Gasteiger partial charge in [0, 0.05) is 12.0 Å². The van der Waals surface area contributed by atoms with E-state index in [0.717, 1.165) is 30.7 Å². The fourth-order valence-electron chi connectivity index (χ4n) is 3.43. The molecule has 0 bridgehead atoms. The van der Waals surface area contributed by atoms with Gasteiger partial charge in [-0.1, -0.05) is 46.6 Å². The van der Waals surface area contributed by atoms with Crippen LogP contribution in [-0.4, -0.2) is 56.5 Å². The van der Waals surface area contributed by atoms with Crippen LogP contribution in [0.5, 0.6) is 0 Å². The van der Waals surface area contributed by atoms with Gasteiger partial charge in [-0.15, -0.1) is 0 Å². The second kappa shape index (κ2) is 17.8. The van der Waals surface area contributed by atoms with Gasteiger partial charge in [0.05, 0.1) is 46.0 Å². The van der Waals surface area contributed by atoms with Gasteiger partial charge in [0.25, 0.3) is 7.82 Å². The van der Waals surface area contributed by atoms with Gasteiger partial charge >= 0.3 is 5.97 Å². The number of esters is 1. The fraction of sp³-hybridized carbons (Fsp3) is 0.870. The lowest BCUT2D eigenvalue weighted by Gasteiger charge is -2.39. The normalized spacial score (nSPS) is 13.7. The zero-order valence-corrected chi connectivity index (χ0v) is 21.3. The van der Waals surface area contributed by atoms with Crippen LogP contribution in [0.4, 0.5) is 0 Å². The summed E-state index contributed by atoms with van der Waals surface area (Å²) in [5.41, 5.74) is 0.343. The molecule has 0 aliphatic rings. The highest BCUT2D eigenvalue weighted by molar-refractivity contribution is 7.45. The number of quaternary nitrogens is 1. The summed E-state index contributed by atoms with van der Waals surface area (Å²) in [5.74, 6) is -0.440. The Labute approximate surface area is 190 Å². The van der Waals surface area contributed by atoms with Gasteiger partial charge in [-0.3, -0.25) is 4.57 Å². The van der Waals surface area contributed by atoms with E-state index in [1.165, 1.54) is 38.5 Å². The zero-order chi connectivity index (χ0) is 23.6. The number of unbranched alkanes of at least 4 members (excludes halogenated alkanes) is 4. The van der Waals surface area contributed by atoms with Crippen molar-refractivity contribution in [1.82, 2.24) is 0 Å². The predicted octanol–water partition coefficient (Wildman–Crippen LogP) is 4.99. The highest BCUT2D eigenvalue weighted by Crippen LogP contribution is 2.38. The minimum Gasteiger partial charge on any atom is -0.756 e. The first kappa shape index (κ1) is 30.3. The van der Waals surface area contributed by atoms with Crippen molar-refractivity contribution in [1.29, 1.82) is 0 Å². The molecule has 0 N–H and O–H groups in total. The number of hydrogen-bond donors (Lipinski definition) is 0. The van der Waals surface area contributed by atoms with Crippen LogP contribution in [0, 0.1) is 0 Å². The third kappa shape index (κ3) is 15.7. The predicted molar refractivity (Wildman–Crippen MR) is 124 cm³/mol. The molecule has 8 heteroatoms. The minimum atomic E-state index is -4.30. The Balaban J connectivity index is 4.31. The van der Waals surface area contributed by atoms with Crippen LogP contribution in [0.2, 0.25) is 0 Å². The second-order valence-corrected chi connectivity index (χ2v) is 9.80. The minimum absolute atomic E-state index is 0.0227. The highest BCUT2D eigenvalue weighted by atomic mass is 31.2. The maximum absolute atomic E-state index is 12.0. The van der Waals surface area contributed by atoms with Crippen molar-refractivity contribution in [2.45, 2.75) is 85.5 Å². The molecule has 0 aliphatic carbocycles. The lowest BCUT2D eigenvalue weighted by molar-refractivity contribution is -0.929. The lowest BCUT2D eigenvalue weighted by atomic mass is 10.1. The smallest absolute Gasteiger partial charge is 0.333 e. The van der Waals surface area contributed by atoms with Crippen LogP contribution < -0.4 is 4.89 Å². The van der Waals surface area contributed by atoms with E-state index in [9.17, 15) is 14.3 Å².